The van der Waals surface area contributed by atoms with Crippen LogP contribution < -0.4 is 4.74 Å². The third-order valence-electron chi connectivity index (χ3n) is 4.83. The molecule has 4 rings (SSSR count). The van der Waals surface area contributed by atoms with Gasteiger partial charge in [0, 0.05) is 23.9 Å². The summed E-state index contributed by atoms with van der Waals surface area (Å²) in [5, 5.41) is 4.73. The third-order valence-corrected chi connectivity index (χ3v) is 6.89. The van der Waals surface area contributed by atoms with E-state index < -0.39 is 21.8 Å². The molecule has 0 saturated carbocycles. The van der Waals surface area contributed by atoms with Crippen LogP contribution >= 0.6 is 24.0 Å². The van der Waals surface area contributed by atoms with Crippen LogP contribution in [0.5, 0.6) is 5.75 Å². The molecule has 1 aliphatic rings. The molecule has 1 aliphatic heterocycles. The normalized spacial score (nSPS) is 15.5. The molecule has 0 bridgehead atoms. The van der Waals surface area contributed by atoms with Gasteiger partial charge in [-0.15, -0.1) is 0 Å². The van der Waals surface area contributed by atoms with Crippen molar-refractivity contribution in [1.29, 1.82) is 0 Å². The molecule has 8 nitrogen and oxygen atoms in total. The molecule has 0 spiro atoms. The van der Waals surface area contributed by atoms with E-state index in [4.69, 9.17) is 22.1 Å². The smallest absolute Gasteiger partial charge is 0.266 e. The summed E-state index contributed by atoms with van der Waals surface area (Å²) in [6.45, 7) is -0.278. The maximum absolute atomic E-state index is 12.9. The summed E-state index contributed by atoms with van der Waals surface area (Å²) < 4.78 is 40.2. The van der Waals surface area contributed by atoms with E-state index in [1.165, 1.54) is 0 Å². The van der Waals surface area contributed by atoms with Gasteiger partial charge in [0.25, 0.3) is 5.91 Å². The second-order valence-corrected chi connectivity index (χ2v) is 10.2. The van der Waals surface area contributed by atoms with E-state index in [1.807, 2.05) is 54.6 Å². The predicted octanol–water partition coefficient (Wildman–Crippen LogP) is 3.29. The number of hydrogen-bond acceptors (Lipinski definition) is 8. The van der Waals surface area contributed by atoms with Gasteiger partial charge in [-0.25, -0.2) is 13.1 Å². The highest BCUT2D eigenvalue weighted by Crippen LogP contribution is 2.35. The van der Waals surface area contributed by atoms with Crippen molar-refractivity contribution in [2.24, 2.45) is 0 Å². The van der Waals surface area contributed by atoms with Gasteiger partial charge < -0.3 is 9.29 Å². The van der Waals surface area contributed by atoms with Gasteiger partial charge >= 0.3 is 0 Å². The van der Waals surface area contributed by atoms with Crippen molar-refractivity contribution in [3.05, 3.63) is 71.3 Å². The Kier molecular flexibility index (Phi) is 6.66. The number of rotatable bonds is 7. The van der Waals surface area contributed by atoms with Crippen LogP contribution in [0.4, 0.5) is 0 Å². The molecule has 170 valence electrons. The molecule has 1 fully saturated rings. The predicted molar refractivity (Wildman–Crippen MR) is 130 cm³/mol. The second kappa shape index (κ2) is 9.48. The molecule has 0 radical (unpaired) electrons. The van der Waals surface area contributed by atoms with Crippen LogP contribution in [-0.4, -0.2) is 57.3 Å². The number of hydrogen-bond donors (Lipinski definition) is 0. The van der Waals surface area contributed by atoms with Crippen molar-refractivity contribution < 1.29 is 22.5 Å². The molecule has 3 aromatic rings. The van der Waals surface area contributed by atoms with Crippen LogP contribution in [0.1, 0.15) is 5.56 Å². The van der Waals surface area contributed by atoms with Gasteiger partial charge in [-0.1, -0.05) is 54.3 Å². The molecular formula is C22H18N3O5S3-. The van der Waals surface area contributed by atoms with Crippen LogP contribution in [0.3, 0.4) is 0 Å². The molecular weight excluding hydrogens is 482 g/mol. The number of para-hydroxylation sites is 1. The molecule has 33 heavy (non-hydrogen) atoms. The number of aromatic nitrogens is 2. The zero-order valence-corrected chi connectivity index (χ0v) is 19.8. The quantitative estimate of drug-likeness (QED) is 0.277. The van der Waals surface area contributed by atoms with E-state index in [2.05, 4.69) is 0 Å². The lowest BCUT2D eigenvalue weighted by atomic mass is 10.1. The van der Waals surface area contributed by atoms with Crippen molar-refractivity contribution in [2.45, 2.75) is 0 Å². The lowest BCUT2D eigenvalue weighted by Crippen LogP contribution is -2.32. The first-order valence-electron chi connectivity index (χ1n) is 9.73. The molecule has 11 heteroatoms. The van der Waals surface area contributed by atoms with Crippen molar-refractivity contribution >= 4 is 50.4 Å². The first kappa shape index (κ1) is 23.2. The Balaban J connectivity index is 1.75. The summed E-state index contributed by atoms with van der Waals surface area (Å²) >= 11 is 6.29. The highest BCUT2D eigenvalue weighted by atomic mass is 32.2. The van der Waals surface area contributed by atoms with Crippen LogP contribution in [0, 0.1) is 0 Å². The van der Waals surface area contributed by atoms with E-state index >= 15 is 0 Å². The van der Waals surface area contributed by atoms with E-state index in [1.54, 1.807) is 24.1 Å². The molecule has 2 aromatic carbocycles. The van der Waals surface area contributed by atoms with Crippen LogP contribution in [0.25, 0.3) is 23.0 Å². The molecule has 0 atom stereocenters. The number of benzene rings is 2. The minimum atomic E-state index is -4.47. The zero-order valence-electron chi connectivity index (χ0n) is 17.4. The molecule has 2 heterocycles. The summed E-state index contributed by atoms with van der Waals surface area (Å²) in [5.41, 5.74) is 2.94. The highest BCUT2D eigenvalue weighted by molar-refractivity contribution is 8.26. The number of thiocarbonyl (C=S) groups is 1. The maximum atomic E-state index is 12.9. The molecule has 1 saturated heterocycles. The standard InChI is InChI=1S/C22H19N3O5S3/c1-30-18-9-5-6-15(12-18)20-16(14-25(23-20)17-7-3-2-4-8-17)13-19-21(26)24(22(31)32-19)10-11-33(27,28)29/h2-9,12-14H,10-11H2,1H3,(H,27,28,29)/p-1/b19-13-. The Hall–Kier alpha value is -2.99. The number of carbonyl (C=O) groups is 1. The van der Waals surface area contributed by atoms with Gasteiger partial charge in [0.05, 0.1) is 33.6 Å². The van der Waals surface area contributed by atoms with Crippen molar-refractivity contribution in [3.63, 3.8) is 0 Å². The van der Waals surface area contributed by atoms with Crippen LogP contribution in [-0.2, 0) is 14.9 Å². The summed E-state index contributed by atoms with van der Waals surface area (Å²) in [7, 11) is -2.89. The van der Waals surface area contributed by atoms with Crippen molar-refractivity contribution in [3.8, 4) is 22.7 Å². The molecule has 0 aliphatic carbocycles. The summed E-state index contributed by atoms with van der Waals surface area (Å²) in [6.07, 6.45) is 3.48. The topological polar surface area (TPSA) is 105 Å². The van der Waals surface area contributed by atoms with Crippen LogP contribution in [0.15, 0.2) is 65.7 Å². The first-order chi connectivity index (χ1) is 15.7. The van der Waals surface area contributed by atoms with Gasteiger partial charge in [0.15, 0.2) is 0 Å². The fourth-order valence-electron chi connectivity index (χ4n) is 3.24. The van der Waals surface area contributed by atoms with Gasteiger partial charge in [-0.2, -0.15) is 5.10 Å². The number of carbonyl (C=O) groups excluding carboxylic acids is 1. The third kappa shape index (κ3) is 5.33. The molecule has 0 unspecified atom stereocenters. The zero-order chi connectivity index (χ0) is 23.6. The lowest BCUT2D eigenvalue weighted by molar-refractivity contribution is -0.121. The summed E-state index contributed by atoms with van der Waals surface area (Å²) in [5.74, 6) is -0.483. The Morgan fingerprint density at radius 2 is 1.94 bits per heavy atom. The number of nitrogens with zero attached hydrogens (tertiary/aromatic N) is 3. The largest absolute Gasteiger partial charge is 0.748 e. The molecule has 1 amide bonds. The average molecular weight is 501 g/mol. The second-order valence-electron chi connectivity index (χ2n) is 7.04. The van der Waals surface area contributed by atoms with Crippen molar-refractivity contribution in [1.82, 2.24) is 14.7 Å². The fraction of sp³-hybridized carbons (Fsp3) is 0.136. The minimum Gasteiger partial charge on any atom is -0.748 e. The lowest BCUT2D eigenvalue weighted by Gasteiger charge is -2.15. The number of amides is 1. The Labute approximate surface area is 200 Å². The molecule has 0 N–H and O–H groups in total. The number of thioether (sulfide) groups is 1. The molecule has 1 aromatic heterocycles. The van der Waals surface area contributed by atoms with Gasteiger partial charge in [-0.05, 0) is 30.3 Å². The monoisotopic (exact) mass is 500 g/mol. The fourth-order valence-corrected chi connectivity index (χ4v) is 4.94. The van der Waals surface area contributed by atoms with Gasteiger partial charge in [0.1, 0.15) is 15.8 Å². The number of methoxy groups -OCH3 is 1. The van der Waals surface area contributed by atoms with E-state index in [0.717, 1.165) is 27.9 Å². The van der Waals surface area contributed by atoms with Crippen LogP contribution in [0.2, 0.25) is 0 Å². The highest BCUT2D eigenvalue weighted by Gasteiger charge is 2.32. The Bertz CT molecular complexity index is 1350. The Morgan fingerprint density at radius 1 is 1.18 bits per heavy atom. The van der Waals surface area contributed by atoms with E-state index in [9.17, 15) is 17.8 Å². The average Bonchev–Trinajstić information content (AvgIpc) is 3.33. The van der Waals surface area contributed by atoms with E-state index in [0.29, 0.717) is 21.9 Å². The van der Waals surface area contributed by atoms with Gasteiger partial charge in [-0.3, -0.25) is 9.69 Å². The number of ether oxygens (including phenoxy) is 1. The first-order valence-corrected chi connectivity index (χ1v) is 12.5. The summed E-state index contributed by atoms with van der Waals surface area (Å²) in [4.78, 5) is 14.3. The van der Waals surface area contributed by atoms with Gasteiger partial charge in [0.2, 0.25) is 0 Å². The SMILES string of the molecule is COc1cccc(-c2nn(-c3ccccc3)cc2/C=C2\SC(=S)N(CCS(=O)(=O)[O-])C2=O)c1. The Morgan fingerprint density at radius 3 is 2.64 bits per heavy atom. The summed E-state index contributed by atoms with van der Waals surface area (Å²) in [6, 6.07) is 16.9. The van der Waals surface area contributed by atoms with E-state index in [-0.39, 0.29) is 10.9 Å². The minimum absolute atomic E-state index is 0.202. The van der Waals surface area contributed by atoms with Crippen molar-refractivity contribution in [2.75, 3.05) is 19.4 Å². The maximum Gasteiger partial charge on any atom is 0.266 e.